The molecule has 1 spiro atoms. The van der Waals surface area contributed by atoms with Crippen LogP contribution in [0.2, 0.25) is 10.0 Å². The van der Waals surface area contributed by atoms with Crippen molar-refractivity contribution < 1.29 is 14.8 Å². The molecule has 5 nitrogen and oxygen atoms in total. The van der Waals surface area contributed by atoms with Crippen LogP contribution in [0.15, 0.2) is 36.4 Å². The molecule has 0 unspecified atom stereocenters. The van der Waals surface area contributed by atoms with Gasteiger partial charge in [0, 0.05) is 17.8 Å². The average molecular weight is 405 g/mol. The van der Waals surface area contributed by atoms with E-state index in [1.54, 1.807) is 34.6 Å². The fourth-order valence-corrected chi connectivity index (χ4v) is 4.48. The maximum absolute atomic E-state index is 13.3. The number of nitrogens with one attached hydrogen (secondary N) is 1. The number of hydrogen-bond donors (Lipinski definition) is 2. The molecule has 7 heteroatoms. The minimum atomic E-state index is -0.549. The summed E-state index contributed by atoms with van der Waals surface area (Å²) >= 11 is 12.1. The molecule has 1 saturated heterocycles. The number of carbonyl (C=O) groups excluding carboxylic acids is 2. The minimum Gasteiger partial charge on any atom is -0.312 e. The van der Waals surface area contributed by atoms with Gasteiger partial charge in [0.1, 0.15) is 0 Å². The first kappa shape index (κ1) is 18.3. The Morgan fingerprint density at radius 3 is 2.63 bits per heavy atom. The molecule has 2 N–H and O–H groups in total. The molecule has 2 aromatic carbocycles. The molecule has 140 valence electrons. The number of amides is 2. The highest BCUT2D eigenvalue weighted by Gasteiger charge is 2.48. The number of rotatable bonds is 2. The van der Waals surface area contributed by atoms with Gasteiger partial charge >= 0.3 is 0 Å². The van der Waals surface area contributed by atoms with E-state index in [0.717, 1.165) is 36.1 Å². The number of carbonyl (C=O) groups is 2. The molecule has 4 rings (SSSR count). The van der Waals surface area contributed by atoms with Crippen molar-refractivity contribution in [2.45, 2.75) is 25.7 Å². The molecular weight excluding hydrogens is 387 g/mol. The summed E-state index contributed by atoms with van der Waals surface area (Å²) in [4.78, 5) is 26.8. The summed E-state index contributed by atoms with van der Waals surface area (Å²) in [5.41, 5.74) is 4.48. The molecule has 2 aromatic rings. The Kier molecular flexibility index (Phi) is 4.62. The second-order valence-electron chi connectivity index (χ2n) is 7.19. The van der Waals surface area contributed by atoms with Crippen LogP contribution >= 0.6 is 23.2 Å². The first-order chi connectivity index (χ1) is 12.9. The summed E-state index contributed by atoms with van der Waals surface area (Å²) in [7, 11) is 0. The third kappa shape index (κ3) is 3.10. The summed E-state index contributed by atoms with van der Waals surface area (Å²) in [6, 6.07) is 10.6. The van der Waals surface area contributed by atoms with E-state index in [-0.39, 0.29) is 5.91 Å². The Morgan fingerprint density at radius 2 is 1.89 bits per heavy atom. The molecule has 0 bridgehead atoms. The van der Waals surface area contributed by atoms with Crippen molar-refractivity contribution in [3.8, 4) is 0 Å². The second-order valence-corrected chi connectivity index (χ2v) is 8.00. The molecule has 0 aromatic heterocycles. The summed E-state index contributed by atoms with van der Waals surface area (Å²) in [6.45, 7) is 0.628. The Hall–Kier alpha value is -2.08. The van der Waals surface area contributed by atoms with Gasteiger partial charge in [-0.05, 0) is 67.1 Å². The lowest BCUT2D eigenvalue weighted by Crippen LogP contribution is -2.38. The lowest BCUT2D eigenvalue weighted by Gasteiger charge is -2.33. The van der Waals surface area contributed by atoms with Crippen LogP contribution in [0.3, 0.4) is 0 Å². The number of halogens is 2. The lowest BCUT2D eigenvalue weighted by atomic mass is 9.70. The predicted molar refractivity (Wildman–Crippen MR) is 104 cm³/mol. The SMILES string of the molecule is O=C(NO)c1ccc2c(c1)C[C@@]1(CC2)CCN(c2ccc(Cl)c(Cl)c2)C1=O. The van der Waals surface area contributed by atoms with Crippen LogP contribution < -0.4 is 10.4 Å². The zero-order valence-corrected chi connectivity index (χ0v) is 16.0. The van der Waals surface area contributed by atoms with Gasteiger partial charge in [-0.3, -0.25) is 14.8 Å². The highest BCUT2D eigenvalue weighted by molar-refractivity contribution is 6.42. The van der Waals surface area contributed by atoms with Crippen molar-refractivity contribution >= 4 is 40.7 Å². The van der Waals surface area contributed by atoms with E-state index in [4.69, 9.17) is 28.4 Å². The summed E-state index contributed by atoms with van der Waals surface area (Å²) in [6.07, 6.45) is 2.91. The van der Waals surface area contributed by atoms with Crippen molar-refractivity contribution in [3.63, 3.8) is 0 Å². The van der Waals surface area contributed by atoms with E-state index in [9.17, 15) is 9.59 Å². The first-order valence-electron chi connectivity index (χ1n) is 8.77. The molecule has 1 aliphatic heterocycles. The van der Waals surface area contributed by atoms with Crippen LogP contribution in [0.25, 0.3) is 0 Å². The number of anilines is 1. The Morgan fingerprint density at radius 1 is 1.07 bits per heavy atom. The molecule has 27 heavy (non-hydrogen) atoms. The van der Waals surface area contributed by atoms with Crippen LogP contribution in [0.5, 0.6) is 0 Å². The van der Waals surface area contributed by atoms with E-state index in [1.807, 2.05) is 12.1 Å². The van der Waals surface area contributed by atoms with Gasteiger partial charge < -0.3 is 4.90 Å². The standard InChI is InChI=1S/C20H18Cl2N2O3/c21-16-4-3-15(10-17(16)22)24-8-7-20(19(24)26)6-5-12-1-2-13(18(25)23-27)9-14(12)11-20/h1-4,9-10,27H,5-8,11H2,(H,23,25)/t20-/m1/s1. The van der Waals surface area contributed by atoms with Crippen LogP contribution in [-0.2, 0) is 17.6 Å². The predicted octanol–water partition coefficient (Wildman–Crippen LogP) is 4.02. The molecule has 2 amide bonds. The number of fused-ring (bicyclic) bond motifs is 1. The van der Waals surface area contributed by atoms with Gasteiger partial charge in [0.2, 0.25) is 5.91 Å². The lowest BCUT2D eigenvalue weighted by molar-refractivity contribution is -0.126. The van der Waals surface area contributed by atoms with E-state index in [1.165, 1.54) is 0 Å². The van der Waals surface area contributed by atoms with Gasteiger partial charge in [0.25, 0.3) is 5.91 Å². The van der Waals surface area contributed by atoms with E-state index in [2.05, 4.69) is 0 Å². The quantitative estimate of drug-likeness (QED) is 0.586. The number of hydrogen-bond acceptors (Lipinski definition) is 3. The average Bonchev–Trinajstić information content (AvgIpc) is 2.98. The molecular formula is C20H18Cl2N2O3. The Labute approximate surface area is 166 Å². The fourth-order valence-electron chi connectivity index (χ4n) is 4.18. The third-order valence-electron chi connectivity index (χ3n) is 5.70. The number of nitrogens with zero attached hydrogens (tertiary/aromatic N) is 1. The normalized spacial score (nSPS) is 21.4. The molecule has 1 fully saturated rings. The molecule has 1 heterocycles. The van der Waals surface area contributed by atoms with Crippen molar-refractivity contribution in [1.29, 1.82) is 0 Å². The summed E-state index contributed by atoms with van der Waals surface area (Å²) < 4.78 is 0. The molecule has 1 atom stereocenters. The third-order valence-corrected chi connectivity index (χ3v) is 6.44. The summed E-state index contributed by atoms with van der Waals surface area (Å²) in [5, 5.41) is 9.75. The highest BCUT2D eigenvalue weighted by atomic mass is 35.5. The van der Waals surface area contributed by atoms with Gasteiger partial charge in [0.05, 0.1) is 15.5 Å². The van der Waals surface area contributed by atoms with Gasteiger partial charge in [-0.25, -0.2) is 5.48 Å². The number of aryl methyl sites for hydroxylation is 1. The van der Waals surface area contributed by atoms with Crippen molar-refractivity contribution in [1.82, 2.24) is 5.48 Å². The molecule has 1 aliphatic carbocycles. The topological polar surface area (TPSA) is 69.6 Å². The fraction of sp³-hybridized carbons (Fsp3) is 0.300. The van der Waals surface area contributed by atoms with Crippen molar-refractivity contribution in [2.24, 2.45) is 5.41 Å². The maximum Gasteiger partial charge on any atom is 0.274 e. The van der Waals surface area contributed by atoms with Gasteiger partial charge in [0.15, 0.2) is 0 Å². The van der Waals surface area contributed by atoms with Gasteiger partial charge in [-0.1, -0.05) is 29.3 Å². The smallest absolute Gasteiger partial charge is 0.274 e. The summed E-state index contributed by atoms with van der Waals surface area (Å²) in [5.74, 6) is -0.462. The molecule has 2 aliphatic rings. The minimum absolute atomic E-state index is 0.0866. The number of benzene rings is 2. The van der Waals surface area contributed by atoms with Gasteiger partial charge in [-0.15, -0.1) is 0 Å². The van der Waals surface area contributed by atoms with Crippen molar-refractivity contribution in [3.05, 3.63) is 63.1 Å². The van der Waals surface area contributed by atoms with Crippen LogP contribution in [0.1, 0.15) is 34.3 Å². The van der Waals surface area contributed by atoms with Crippen molar-refractivity contribution in [2.75, 3.05) is 11.4 Å². The highest BCUT2D eigenvalue weighted by Crippen LogP contribution is 2.45. The van der Waals surface area contributed by atoms with Gasteiger partial charge in [-0.2, -0.15) is 0 Å². The Balaban J connectivity index is 1.63. The van der Waals surface area contributed by atoms with Crippen LogP contribution in [-0.4, -0.2) is 23.6 Å². The van der Waals surface area contributed by atoms with Crippen LogP contribution in [0.4, 0.5) is 5.69 Å². The van der Waals surface area contributed by atoms with E-state index < -0.39 is 11.3 Å². The largest absolute Gasteiger partial charge is 0.312 e. The monoisotopic (exact) mass is 404 g/mol. The maximum atomic E-state index is 13.3. The number of hydroxylamine groups is 1. The second kappa shape index (κ2) is 6.82. The van der Waals surface area contributed by atoms with E-state index >= 15 is 0 Å². The van der Waals surface area contributed by atoms with Crippen LogP contribution in [0, 0.1) is 5.41 Å². The molecule has 0 radical (unpaired) electrons. The molecule has 0 saturated carbocycles. The Bertz CT molecular complexity index is 947. The first-order valence-corrected chi connectivity index (χ1v) is 9.52. The van der Waals surface area contributed by atoms with E-state index in [0.29, 0.717) is 28.6 Å². The zero-order chi connectivity index (χ0) is 19.2. The zero-order valence-electron chi connectivity index (χ0n) is 14.5.